The summed E-state index contributed by atoms with van der Waals surface area (Å²) in [4.78, 5) is 14.7. The molecular formula is C23H30N2O2. The Morgan fingerprint density at radius 2 is 1.59 bits per heavy atom. The Kier molecular flexibility index (Phi) is 6.17. The first-order valence-electron chi connectivity index (χ1n) is 9.76. The number of carbonyl (C=O) groups excluding carboxylic acids is 1. The van der Waals surface area contributed by atoms with Gasteiger partial charge in [0.15, 0.2) is 0 Å². The van der Waals surface area contributed by atoms with Crippen molar-refractivity contribution in [3.05, 3.63) is 71.8 Å². The van der Waals surface area contributed by atoms with E-state index in [-0.39, 0.29) is 18.2 Å². The van der Waals surface area contributed by atoms with E-state index in [1.807, 2.05) is 20.8 Å². The predicted octanol–water partition coefficient (Wildman–Crippen LogP) is 4.77. The molecule has 1 amide bonds. The smallest absolute Gasteiger partial charge is 0.407 e. The van der Waals surface area contributed by atoms with E-state index in [4.69, 9.17) is 4.74 Å². The Labute approximate surface area is 162 Å². The molecule has 2 aromatic carbocycles. The number of amides is 1. The zero-order valence-electron chi connectivity index (χ0n) is 16.5. The Morgan fingerprint density at radius 1 is 1.04 bits per heavy atom. The predicted molar refractivity (Wildman–Crippen MR) is 109 cm³/mol. The van der Waals surface area contributed by atoms with Crippen LogP contribution in [0.5, 0.6) is 0 Å². The monoisotopic (exact) mass is 366 g/mol. The molecule has 1 aliphatic rings. The molecule has 0 aliphatic carbocycles. The van der Waals surface area contributed by atoms with Gasteiger partial charge in [0.2, 0.25) is 0 Å². The molecule has 0 aromatic heterocycles. The van der Waals surface area contributed by atoms with Crippen molar-refractivity contribution in [1.29, 1.82) is 0 Å². The highest BCUT2D eigenvalue weighted by Crippen LogP contribution is 2.31. The first-order valence-corrected chi connectivity index (χ1v) is 9.76. The summed E-state index contributed by atoms with van der Waals surface area (Å²) in [5, 5.41) is 3.06. The summed E-state index contributed by atoms with van der Waals surface area (Å²) in [5.41, 5.74) is 2.08. The van der Waals surface area contributed by atoms with Crippen molar-refractivity contribution in [2.75, 3.05) is 13.1 Å². The maximum atomic E-state index is 12.2. The van der Waals surface area contributed by atoms with Crippen molar-refractivity contribution in [3.63, 3.8) is 0 Å². The van der Waals surface area contributed by atoms with Gasteiger partial charge in [0.25, 0.3) is 0 Å². The van der Waals surface area contributed by atoms with E-state index in [9.17, 15) is 4.79 Å². The van der Waals surface area contributed by atoms with Crippen molar-refractivity contribution < 1.29 is 9.53 Å². The van der Waals surface area contributed by atoms with Crippen LogP contribution >= 0.6 is 0 Å². The fourth-order valence-electron chi connectivity index (χ4n) is 3.72. The fourth-order valence-corrected chi connectivity index (χ4v) is 3.72. The lowest BCUT2D eigenvalue weighted by molar-refractivity contribution is 0.0462. The second kappa shape index (κ2) is 8.57. The largest absolute Gasteiger partial charge is 0.444 e. The van der Waals surface area contributed by atoms with Crippen LogP contribution in [-0.2, 0) is 4.74 Å². The lowest BCUT2D eigenvalue weighted by Crippen LogP contribution is -2.49. The molecule has 0 bridgehead atoms. The van der Waals surface area contributed by atoms with Gasteiger partial charge in [-0.25, -0.2) is 4.79 Å². The van der Waals surface area contributed by atoms with Gasteiger partial charge in [-0.05, 0) is 51.3 Å². The van der Waals surface area contributed by atoms with Gasteiger partial charge >= 0.3 is 6.09 Å². The average Bonchev–Trinajstić information content (AvgIpc) is 2.62. The number of piperidine rings is 1. The molecule has 27 heavy (non-hydrogen) atoms. The average molecular weight is 367 g/mol. The lowest BCUT2D eigenvalue weighted by atomic mass is 9.94. The van der Waals surface area contributed by atoms with Gasteiger partial charge in [-0.2, -0.15) is 0 Å². The molecule has 1 saturated heterocycles. The Morgan fingerprint density at radius 3 is 2.11 bits per heavy atom. The highest BCUT2D eigenvalue weighted by molar-refractivity contribution is 5.68. The van der Waals surface area contributed by atoms with E-state index in [0.29, 0.717) is 0 Å². The molecule has 1 fully saturated rings. The molecule has 1 unspecified atom stereocenters. The van der Waals surface area contributed by atoms with Gasteiger partial charge in [0.1, 0.15) is 5.60 Å². The van der Waals surface area contributed by atoms with Gasteiger partial charge < -0.3 is 10.1 Å². The van der Waals surface area contributed by atoms with E-state index in [2.05, 4.69) is 70.9 Å². The summed E-state index contributed by atoms with van der Waals surface area (Å²) >= 11 is 0. The Bertz CT molecular complexity index is 686. The Hall–Kier alpha value is -2.33. The number of likely N-dealkylation sites (tertiary alicyclic amines) is 1. The van der Waals surface area contributed by atoms with Crippen LogP contribution in [0.3, 0.4) is 0 Å². The van der Waals surface area contributed by atoms with Crippen LogP contribution in [0.15, 0.2) is 60.7 Å². The fraction of sp³-hybridized carbons (Fsp3) is 0.435. The lowest BCUT2D eigenvalue weighted by Gasteiger charge is -2.39. The zero-order chi connectivity index (χ0) is 19.3. The van der Waals surface area contributed by atoms with Gasteiger partial charge in [-0.15, -0.1) is 0 Å². The van der Waals surface area contributed by atoms with Crippen molar-refractivity contribution in [2.45, 2.75) is 51.3 Å². The Balaban J connectivity index is 1.76. The third-order valence-electron chi connectivity index (χ3n) is 4.77. The first-order chi connectivity index (χ1) is 12.9. The SMILES string of the molecule is CC(C)(C)OC(=O)NC1CCCN(C(c2ccccc2)c2ccccc2)C1. The molecule has 1 aliphatic heterocycles. The number of benzene rings is 2. The van der Waals surface area contributed by atoms with E-state index >= 15 is 0 Å². The van der Waals surface area contributed by atoms with Crippen molar-refractivity contribution in [1.82, 2.24) is 10.2 Å². The molecule has 2 aromatic rings. The van der Waals surface area contributed by atoms with Crippen molar-refractivity contribution in [2.24, 2.45) is 0 Å². The van der Waals surface area contributed by atoms with Crippen LogP contribution < -0.4 is 5.32 Å². The summed E-state index contributed by atoms with van der Waals surface area (Å²) in [7, 11) is 0. The number of hydrogen-bond acceptors (Lipinski definition) is 3. The maximum Gasteiger partial charge on any atom is 0.407 e. The molecule has 144 valence electrons. The molecule has 0 spiro atoms. The van der Waals surface area contributed by atoms with E-state index in [1.54, 1.807) is 0 Å². The molecule has 1 atom stereocenters. The number of carbonyl (C=O) groups is 1. The van der Waals surface area contributed by atoms with Gasteiger partial charge in [0.05, 0.1) is 6.04 Å². The van der Waals surface area contributed by atoms with Crippen LogP contribution in [0.4, 0.5) is 4.79 Å². The van der Waals surface area contributed by atoms with E-state index < -0.39 is 5.60 Å². The molecule has 0 saturated carbocycles. The third-order valence-corrected chi connectivity index (χ3v) is 4.77. The molecule has 4 nitrogen and oxygen atoms in total. The van der Waals surface area contributed by atoms with E-state index in [0.717, 1.165) is 25.9 Å². The highest BCUT2D eigenvalue weighted by Gasteiger charge is 2.29. The standard InChI is InChI=1S/C23H30N2O2/c1-23(2,3)27-22(26)24-20-15-10-16-25(17-20)21(18-11-6-4-7-12-18)19-13-8-5-9-14-19/h4-9,11-14,20-21H,10,15-17H2,1-3H3,(H,24,26). The van der Waals surface area contributed by atoms with Crippen LogP contribution in [-0.4, -0.2) is 35.7 Å². The van der Waals surface area contributed by atoms with Gasteiger partial charge in [-0.3, -0.25) is 4.90 Å². The van der Waals surface area contributed by atoms with Gasteiger partial charge in [-0.1, -0.05) is 60.7 Å². The summed E-state index contributed by atoms with van der Waals surface area (Å²) in [6.07, 6.45) is 1.70. The van der Waals surface area contributed by atoms with Gasteiger partial charge in [0, 0.05) is 12.6 Å². The summed E-state index contributed by atoms with van der Waals surface area (Å²) in [6.45, 7) is 7.50. The number of hydrogen-bond donors (Lipinski definition) is 1. The number of nitrogens with one attached hydrogen (secondary N) is 1. The first kappa shape index (κ1) is 19.4. The summed E-state index contributed by atoms with van der Waals surface area (Å²) in [6, 6.07) is 21.5. The molecule has 1 heterocycles. The molecule has 4 heteroatoms. The minimum Gasteiger partial charge on any atom is -0.444 e. The topological polar surface area (TPSA) is 41.6 Å². The minimum atomic E-state index is -0.477. The normalized spacial score (nSPS) is 18.3. The summed E-state index contributed by atoms with van der Waals surface area (Å²) in [5.74, 6) is 0. The third kappa shape index (κ3) is 5.57. The maximum absolute atomic E-state index is 12.2. The van der Waals surface area contributed by atoms with Crippen LogP contribution in [0, 0.1) is 0 Å². The highest BCUT2D eigenvalue weighted by atomic mass is 16.6. The summed E-state index contributed by atoms with van der Waals surface area (Å²) < 4.78 is 5.44. The quantitative estimate of drug-likeness (QED) is 0.848. The van der Waals surface area contributed by atoms with Crippen LogP contribution in [0.1, 0.15) is 50.8 Å². The second-order valence-corrected chi connectivity index (χ2v) is 8.20. The zero-order valence-corrected chi connectivity index (χ0v) is 16.5. The van der Waals surface area contributed by atoms with Crippen molar-refractivity contribution in [3.8, 4) is 0 Å². The van der Waals surface area contributed by atoms with Crippen molar-refractivity contribution >= 4 is 6.09 Å². The minimum absolute atomic E-state index is 0.100. The number of ether oxygens (including phenoxy) is 1. The molecule has 3 rings (SSSR count). The van der Waals surface area contributed by atoms with E-state index in [1.165, 1.54) is 11.1 Å². The van der Waals surface area contributed by atoms with Crippen LogP contribution in [0.25, 0.3) is 0 Å². The second-order valence-electron chi connectivity index (χ2n) is 8.20. The molecular weight excluding hydrogens is 336 g/mol. The molecule has 1 N–H and O–H groups in total. The number of alkyl carbamates (subject to hydrolysis) is 1. The number of rotatable bonds is 4. The molecule has 0 radical (unpaired) electrons. The van der Waals surface area contributed by atoms with Crippen LogP contribution in [0.2, 0.25) is 0 Å². The number of nitrogens with zero attached hydrogens (tertiary/aromatic N) is 1.